The predicted molar refractivity (Wildman–Crippen MR) is 57.1 cm³/mol. The number of aliphatic hydroxyl groups excluding tert-OH is 1. The van der Waals surface area contributed by atoms with Crippen LogP contribution in [-0.2, 0) is 0 Å². The molecule has 0 bridgehead atoms. The van der Waals surface area contributed by atoms with Crippen LogP contribution in [0.3, 0.4) is 0 Å². The summed E-state index contributed by atoms with van der Waals surface area (Å²) in [6, 6.07) is 1.82. The second kappa shape index (κ2) is 5.14. The van der Waals surface area contributed by atoms with Gasteiger partial charge in [-0.2, -0.15) is 0 Å². The maximum absolute atomic E-state index is 13.0. The lowest BCUT2D eigenvalue weighted by atomic mass is 10.1. The van der Waals surface area contributed by atoms with Crippen molar-refractivity contribution in [2.24, 2.45) is 0 Å². The molecule has 88 valence electrons. The molecule has 0 aliphatic heterocycles. The van der Waals surface area contributed by atoms with Crippen LogP contribution in [0.4, 0.5) is 4.39 Å². The van der Waals surface area contributed by atoms with E-state index in [2.05, 4.69) is 0 Å². The highest BCUT2D eigenvalue weighted by atomic mass is 35.5. The van der Waals surface area contributed by atoms with Crippen LogP contribution >= 0.6 is 11.6 Å². The number of rotatable bonds is 3. The zero-order valence-electron chi connectivity index (χ0n) is 8.57. The number of phenolic OH excluding ortho intramolecular Hbond substituents is 1. The third-order valence-electron chi connectivity index (χ3n) is 2.04. The highest BCUT2D eigenvalue weighted by Crippen LogP contribution is 2.29. The lowest BCUT2D eigenvalue weighted by molar-refractivity contribution is 0.0763. The first-order valence-electron chi connectivity index (χ1n) is 4.51. The number of halogens is 2. The van der Waals surface area contributed by atoms with E-state index in [9.17, 15) is 14.3 Å². The molecule has 1 aromatic rings. The maximum atomic E-state index is 13.0. The molecule has 1 aromatic carbocycles. The summed E-state index contributed by atoms with van der Waals surface area (Å²) in [6.45, 7) is -0.127. The Bertz CT molecular complexity index is 411. The summed E-state index contributed by atoms with van der Waals surface area (Å²) in [5.74, 6) is -1.77. The molecule has 0 radical (unpaired) electrons. The van der Waals surface area contributed by atoms with Gasteiger partial charge in [0, 0.05) is 13.6 Å². The average Bonchev–Trinajstić information content (AvgIpc) is 2.22. The Labute approximate surface area is 96.9 Å². The number of carbonyl (C=O) groups is 1. The molecule has 0 aromatic heterocycles. The Morgan fingerprint density at radius 1 is 1.56 bits per heavy atom. The monoisotopic (exact) mass is 247 g/mol. The van der Waals surface area contributed by atoms with Crippen LogP contribution in [0.2, 0.25) is 5.02 Å². The molecule has 2 N–H and O–H groups in total. The minimum absolute atomic E-state index is 0.0897. The van der Waals surface area contributed by atoms with E-state index >= 15 is 0 Å². The smallest absolute Gasteiger partial charge is 0.257 e. The van der Waals surface area contributed by atoms with E-state index in [4.69, 9.17) is 16.7 Å². The Hall–Kier alpha value is -1.33. The number of amides is 1. The van der Waals surface area contributed by atoms with Crippen molar-refractivity contribution in [1.29, 1.82) is 0 Å². The van der Waals surface area contributed by atoms with Gasteiger partial charge >= 0.3 is 0 Å². The molecule has 16 heavy (non-hydrogen) atoms. The van der Waals surface area contributed by atoms with E-state index in [0.29, 0.717) is 0 Å². The van der Waals surface area contributed by atoms with Crippen molar-refractivity contribution in [1.82, 2.24) is 4.90 Å². The minimum Gasteiger partial charge on any atom is -0.506 e. The number of hydrogen-bond donors (Lipinski definition) is 2. The molecule has 0 unspecified atom stereocenters. The van der Waals surface area contributed by atoms with E-state index in [1.807, 2.05) is 0 Å². The van der Waals surface area contributed by atoms with Crippen molar-refractivity contribution in [2.45, 2.75) is 0 Å². The summed E-state index contributed by atoms with van der Waals surface area (Å²) in [5.41, 5.74) is -0.221. The van der Waals surface area contributed by atoms with E-state index in [-0.39, 0.29) is 23.7 Å². The van der Waals surface area contributed by atoms with Gasteiger partial charge in [-0.05, 0) is 12.1 Å². The summed E-state index contributed by atoms with van der Waals surface area (Å²) in [4.78, 5) is 12.8. The fraction of sp³-hybridized carbons (Fsp3) is 0.300. The van der Waals surface area contributed by atoms with Crippen LogP contribution in [0.1, 0.15) is 10.4 Å². The van der Waals surface area contributed by atoms with Gasteiger partial charge in [-0.15, -0.1) is 0 Å². The first kappa shape index (κ1) is 12.7. The van der Waals surface area contributed by atoms with Gasteiger partial charge in [-0.25, -0.2) is 4.39 Å². The highest BCUT2D eigenvalue weighted by molar-refractivity contribution is 6.32. The second-order valence-corrected chi connectivity index (χ2v) is 3.64. The topological polar surface area (TPSA) is 60.8 Å². The van der Waals surface area contributed by atoms with Crippen molar-refractivity contribution in [3.05, 3.63) is 28.5 Å². The van der Waals surface area contributed by atoms with Gasteiger partial charge in [0.1, 0.15) is 11.6 Å². The van der Waals surface area contributed by atoms with E-state index < -0.39 is 17.5 Å². The van der Waals surface area contributed by atoms with Gasteiger partial charge in [0.15, 0.2) is 0 Å². The summed E-state index contributed by atoms with van der Waals surface area (Å²) in [5, 5.41) is 17.9. The fourth-order valence-electron chi connectivity index (χ4n) is 1.19. The summed E-state index contributed by atoms with van der Waals surface area (Å²) in [6.07, 6.45) is 0. The molecular weight excluding hydrogens is 237 g/mol. The number of benzene rings is 1. The highest BCUT2D eigenvalue weighted by Gasteiger charge is 2.18. The standard InChI is InChI=1S/C10H11ClFNO3/c1-13(2-3-14)10(16)7-4-6(12)5-8(11)9(7)15/h4-5,14-15H,2-3H2,1H3. The predicted octanol–water partition coefficient (Wildman–Crippen LogP) is 1.25. The van der Waals surface area contributed by atoms with Crippen LogP contribution in [0.15, 0.2) is 12.1 Å². The molecule has 0 aliphatic carbocycles. The Balaban J connectivity index is 3.08. The van der Waals surface area contributed by atoms with Gasteiger partial charge < -0.3 is 15.1 Å². The van der Waals surface area contributed by atoms with Crippen molar-refractivity contribution in [3.8, 4) is 5.75 Å². The summed E-state index contributed by atoms with van der Waals surface area (Å²) in [7, 11) is 1.43. The quantitative estimate of drug-likeness (QED) is 0.845. The molecule has 6 heteroatoms. The van der Waals surface area contributed by atoms with Crippen molar-refractivity contribution < 1.29 is 19.4 Å². The van der Waals surface area contributed by atoms with Gasteiger partial charge in [-0.3, -0.25) is 4.79 Å². The molecule has 1 amide bonds. The minimum atomic E-state index is -0.705. The number of phenols is 1. The van der Waals surface area contributed by atoms with E-state index in [1.54, 1.807) is 0 Å². The van der Waals surface area contributed by atoms with Crippen LogP contribution in [0, 0.1) is 5.82 Å². The maximum Gasteiger partial charge on any atom is 0.257 e. The van der Waals surface area contributed by atoms with Crippen LogP contribution in [-0.4, -0.2) is 41.2 Å². The molecule has 1 rings (SSSR count). The number of likely N-dealkylation sites (N-methyl/N-ethyl adjacent to an activating group) is 1. The van der Waals surface area contributed by atoms with Crippen molar-refractivity contribution >= 4 is 17.5 Å². The largest absolute Gasteiger partial charge is 0.506 e. The third-order valence-corrected chi connectivity index (χ3v) is 2.33. The first-order valence-corrected chi connectivity index (χ1v) is 4.89. The molecule has 0 heterocycles. The van der Waals surface area contributed by atoms with Gasteiger partial charge in [0.05, 0.1) is 17.2 Å². The van der Waals surface area contributed by atoms with Gasteiger partial charge in [0.25, 0.3) is 5.91 Å². The van der Waals surface area contributed by atoms with Crippen LogP contribution in [0.25, 0.3) is 0 Å². The first-order chi connectivity index (χ1) is 7.47. The lowest BCUT2D eigenvalue weighted by Gasteiger charge is -2.16. The van der Waals surface area contributed by atoms with Gasteiger partial charge in [-0.1, -0.05) is 11.6 Å². The fourth-order valence-corrected chi connectivity index (χ4v) is 1.39. The van der Waals surface area contributed by atoms with Crippen LogP contribution in [0.5, 0.6) is 5.75 Å². The summed E-state index contributed by atoms with van der Waals surface area (Å²) < 4.78 is 13.0. The van der Waals surface area contributed by atoms with E-state index in [1.165, 1.54) is 7.05 Å². The molecule has 0 saturated carbocycles. The number of carbonyl (C=O) groups excluding carboxylic acids is 1. The molecule has 0 aliphatic rings. The lowest BCUT2D eigenvalue weighted by Crippen LogP contribution is -2.29. The molecular formula is C10H11ClFNO3. The molecule has 0 fully saturated rings. The zero-order valence-corrected chi connectivity index (χ0v) is 9.33. The number of nitrogens with zero attached hydrogens (tertiary/aromatic N) is 1. The second-order valence-electron chi connectivity index (χ2n) is 3.23. The third kappa shape index (κ3) is 2.62. The molecule has 0 spiro atoms. The number of aromatic hydroxyl groups is 1. The van der Waals surface area contributed by atoms with Crippen LogP contribution < -0.4 is 0 Å². The Morgan fingerprint density at radius 2 is 2.19 bits per heavy atom. The molecule has 0 saturated heterocycles. The molecule has 0 atom stereocenters. The molecule has 4 nitrogen and oxygen atoms in total. The Kier molecular flexibility index (Phi) is 4.09. The zero-order chi connectivity index (χ0) is 12.3. The van der Waals surface area contributed by atoms with Gasteiger partial charge in [0.2, 0.25) is 0 Å². The van der Waals surface area contributed by atoms with E-state index in [0.717, 1.165) is 17.0 Å². The normalized spacial score (nSPS) is 10.2. The van der Waals surface area contributed by atoms with Crippen molar-refractivity contribution in [2.75, 3.05) is 20.2 Å². The number of aliphatic hydroxyl groups is 1. The Morgan fingerprint density at radius 3 is 2.75 bits per heavy atom. The van der Waals surface area contributed by atoms with Crippen molar-refractivity contribution in [3.63, 3.8) is 0 Å². The average molecular weight is 248 g/mol. The number of hydrogen-bond acceptors (Lipinski definition) is 3. The summed E-state index contributed by atoms with van der Waals surface area (Å²) >= 11 is 5.53. The SMILES string of the molecule is CN(CCO)C(=O)c1cc(F)cc(Cl)c1O.